The van der Waals surface area contributed by atoms with Crippen LogP contribution in [0.5, 0.6) is 5.75 Å². The Morgan fingerprint density at radius 3 is 2.84 bits per heavy atom. The molecule has 5 heteroatoms. The predicted octanol–water partition coefficient (Wildman–Crippen LogP) is 4.94. The minimum atomic E-state index is -0.256. The molecule has 1 atom stereocenters. The summed E-state index contributed by atoms with van der Waals surface area (Å²) in [6, 6.07) is 16.1. The van der Waals surface area contributed by atoms with Crippen molar-refractivity contribution in [1.29, 1.82) is 0 Å². The maximum Gasteiger partial charge on any atom is 0.225 e. The largest absolute Gasteiger partial charge is 0.489 e. The van der Waals surface area contributed by atoms with Crippen molar-refractivity contribution in [2.24, 2.45) is 0 Å². The van der Waals surface area contributed by atoms with Gasteiger partial charge < -0.3 is 10.1 Å². The number of halogens is 1. The topological polar surface area (TPSA) is 38.3 Å². The van der Waals surface area contributed by atoms with E-state index in [9.17, 15) is 9.18 Å². The number of carbonyl (C=O) groups excluding carboxylic acids is 1. The molecule has 25 heavy (non-hydrogen) atoms. The van der Waals surface area contributed by atoms with Crippen LogP contribution in [0.25, 0.3) is 0 Å². The molecule has 0 saturated carbocycles. The first-order valence-corrected chi connectivity index (χ1v) is 8.91. The van der Waals surface area contributed by atoms with Crippen LogP contribution < -0.4 is 10.1 Å². The van der Waals surface area contributed by atoms with E-state index in [4.69, 9.17) is 4.74 Å². The van der Waals surface area contributed by atoms with Crippen molar-refractivity contribution in [3.8, 4) is 5.75 Å². The van der Waals surface area contributed by atoms with E-state index < -0.39 is 0 Å². The molecule has 1 aliphatic heterocycles. The summed E-state index contributed by atoms with van der Waals surface area (Å²) in [4.78, 5) is 13.1. The zero-order valence-corrected chi connectivity index (χ0v) is 14.2. The third-order valence-corrected chi connectivity index (χ3v) is 5.29. The number of amides is 1. The second-order valence-corrected chi connectivity index (χ2v) is 6.94. The average molecular weight is 353 g/mol. The number of ether oxygens (including phenoxy) is 1. The van der Waals surface area contributed by atoms with Gasteiger partial charge in [0.25, 0.3) is 0 Å². The summed E-state index contributed by atoms with van der Waals surface area (Å²) in [7, 11) is 0. The SMILES string of the molecule is O=C1C[C@H](c2cccc(OCc3ccc(F)cc3)c2)c2sccc2N1. The second kappa shape index (κ2) is 6.69. The lowest BCUT2D eigenvalue weighted by Gasteiger charge is -2.23. The number of hydrogen-bond acceptors (Lipinski definition) is 3. The zero-order chi connectivity index (χ0) is 17.2. The Balaban J connectivity index is 1.54. The first-order chi connectivity index (χ1) is 12.2. The summed E-state index contributed by atoms with van der Waals surface area (Å²) in [5, 5.41) is 4.91. The molecule has 1 N–H and O–H groups in total. The van der Waals surface area contributed by atoms with Crippen molar-refractivity contribution in [3.05, 3.63) is 81.8 Å². The van der Waals surface area contributed by atoms with E-state index in [-0.39, 0.29) is 17.6 Å². The first-order valence-electron chi connectivity index (χ1n) is 8.03. The van der Waals surface area contributed by atoms with Gasteiger partial charge in [0.1, 0.15) is 18.2 Å². The lowest BCUT2D eigenvalue weighted by Crippen LogP contribution is -2.21. The Labute approximate surface area is 149 Å². The van der Waals surface area contributed by atoms with Crippen LogP contribution in [0.4, 0.5) is 10.1 Å². The van der Waals surface area contributed by atoms with Crippen LogP contribution in [0.2, 0.25) is 0 Å². The molecule has 0 spiro atoms. The Morgan fingerprint density at radius 2 is 2.00 bits per heavy atom. The van der Waals surface area contributed by atoms with E-state index in [1.165, 1.54) is 17.0 Å². The molecule has 0 fully saturated rings. The normalized spacial score (nSPS) is 16.2. The van der Waals surface area contributed by atoms with Crippen LogP contribution in [0, 0.1) is 5.82 Å². The molecule has 0 saturated heterocycles. The fourth-order valence-electron chi connectivity index (χ4n) is 3.01. The Hall–Kier alpha value is -2.66. The third-order valence-electron chi connectivity index (χ3n) is 4.25. The molecule has 0 unspecified atom stereocenters. The molecule has 1 aromatic heterocycles. The number of fused-ring (bicyclic) bond motifs is 1. The highest BCUT2D eigenvalue weighted by molar-refractivity contribution is 7.10. The molecule has 2 heterocycles. The van der Waals surface area contributed by atoms with E-state index in [2.05, 4.69) is 5.32 Å². The van der Waals surface area contributed by atoms with Gasteiger partial charge in [0.05, 0.1) is 5.69 Å². The van der Waals surface area contributed by atoms with Gasteiger partial charge in [-0.05, 0) is 46.8 Å². The van der Waals surface area contributed by atoms with Crippen molar-refractivity contribution >= 4 is 22.9 Å². The number of benzene rings is 2. The van der Waals surface area contributed by atoms with E-state index in [0.717, 1.165) is 22.6 Å². The maximum absolute atomic E-state index is 13.0. The Morgan fingerprint density at radius 1 is 1.16 bits per heavy atom. The van der Waals surface area contributed by atoms with Crippen molar-refractivity contribution in [2.45, 2.75) is 18.9 Å². The highest BCUT2D eigenvalue weighted by atomic mass is 32.1. The number of nitrogens with one attached hydrogen (secondary N) is 1. The van der Waals surface area contributed by atoms with Crippen LogP contribution >= 0.6 is 11.3 Å². The third kappa shape index (κ3) is 3.42. The smallest absolute Gasteiger partial charge is 0.225 e. The molecular weight excluding hydrogens is 337 g/mol. The summed E-state index contributed by atoms with van der Waals surface area (Å²) in [5.41, 5.74) is 2.88. The summed E-state index contributed by atoms with van der Waals surface area (Å²) in [6.07, 6.45) is 0.439. The number of carbonyl (C=O) groups is 1. The molecule has 0 radical (unpaired) electrons. The molecule has 2 aromatic carbocycles. The van der Waals surface area contributed by atoms with Crippen molar-refractivity contribution in [1.82, 2.24) is 0 Å². The quantitative estimate of drug-likeness (QED) is 0.721. The maximum atomic E-state index is 13.0. The van der Waals surface area contributed by atoms with Gasteiger partial charge in [0, 0.05) is 17.2 Å². The fourth-order valence-corrected chi connectivity index (χ4v) is 3.99. The zero-order valence-electron chi connectivity index (χ0n) is 13.4. The Bertz CT molecular complexity index is 904. The highest BCUT2D eigenvalue weighted by Gasteiger charge is 2.27. The van der Waals surface area contributed by atoms with E-state index in [0.29, 0.717) is 13.0 Å². The summed E-state index contributed by atoms with van der Waals surface area (Å²) in [6.45, 7) is 0.374. The molecule has 0 bridgehead atoms. The summed E-state index contributed by atoms with van der Waals surface area (Å²) >= 11 is 1.66. The Kier molecular flexibility index (Phi) is 4.24. The van der Waals surface area contributed by atoms with Crippen molar-refractivity contribution in [2.75, 3.05) is 5.32 Å². The minimum absolute atomic E-state index is 0.0357. The molecule has 4 rings (SSSR count). The first kappa shape index (κ1) is 15.8. The molecular formula is C20H16FNO2S. The van der Waals surface area contributed by atoms with E-state index in [1.807, 2.05) is 35.7 Å². The van der Waals surface area contributed by atoms with Gasteiger partial charge in [0.15, 0.2) is 0 Å². The molecule has 3 aromatic rings. The molecule has 1 amide bonds. The monoisotopic (exact) mass is 353 g/mol. The number of thiophene rings is 1. The fraction of sp³-hybridized carbons (Fsp3) is 0.150. The van der Waals surface area contributed by atoms with E-state index in [1.54, 1.807) is 23.5 Å². The standard InChI is InChI=1S/C20H16FNO2S/c21-15-6-4-13(5-7-15)12-24-16-3-1-2-14(10-16)17-11-19(23)22-18-8-9-25-20(17)18/h1-10,17H,11-12H2,(H,22,23)/t17-/m1/s1. The van der Waals surface area contributed by atoms with Crippen LogP contribution in [-0.4, -0.2) is 5.91 Å². The van der Waals surface area contributed by atoms with Gasteiger partial charge in [-0.15, -0.1) is 11.3 Å². The van der Waals surface area contributed by atoms with E-state index >= 15 is 0 Å². The summed E-state index contributed by atoms with van der Waals surface area (Å²) in [5.74, 6) is 0.575. The highest BCUT2D eigenvalue weighted by Crippen LogP contribution is 2.41. The summed E-state index contributed by atoms with van der Waals surface area (Å²) < 4.78 is 18.8. The molecule has 0 aliphatic carbocycles. The molecule has 1 aliphatic rings. The van der Waals surface area contributed by atoms with Crippen LogP contribution in [0.1, 0.15) is 28.3 Å². The van der Waals surface area contributed by atoms with Crippen LogP contribution in [0.15, 0.2) is 60.0 Å². The van der Waals surface area contributed by atoms with Crippen molar-refractivity contribution < 1.29 is 13.9 Å². The minimum Gasteiger partial charge on any atom is -0.489 e. The van der Waals surface area contributed by atoms with Gasteiger partial charge in [0.2, 0.25) is 5.91 Å². The predicted molar refractivity (Wildman–Crippen MR) is 96.6 cm³/mol. The van der Waals surface area contributed by atoms with Gasteiger partial charge >= 0.3 is 0 Å². The van der Waals surface area contributed by atoms with Crippen LogP contribution in [-0.2, 0) is 11.4 Å². The second-order valence-electron chi connectivity index (χ2n) is 5.99. The molecule has 3 nitrogen and oxygen atoms in total. The van der Waals surface area contributed by atoms with Crippen LogP contribution in [0.3, 0.4) is 0 Å². The van der Waals surface area contributed by atoms with Gasteiger partial charge in [-0.1, -0.05) is 24.3 Å². The molecule has 126 valence electrons. The lowest BCUT2D eigenvalue weighted by molar-refractivity contribution is -0.116. The lowest BCUT2D eigenvalue weighted by atomic mass is 9.90. The average Bonchev–Trinajstić information content (AvgIpc) is 3.09. The van der Waals surface area contributed by atoms with Gasteiger partial charge in [-0.3, -0.25) is 4.79 Å². The van der Waals surface area contributed by atoms with Gasteiger partial charge in [-0.25, -0.2) is 4.39 Å². The van der Waals surface area contributed by atoms with Crippen molar-refractivity contribution in [3.63, 3.8) is 0 Å². The van der Waals surface area contributed by atoms with Gasteiger partial charge in [-0.2, -0.15) is 0 Å². The number of rotatable bonds is 4. The number of anilines is 1. The number of hydrogen-bond donors (Lipinski definition) is 1.